The molecule has 0 saturated carbocycles. The lowest BCUT2D eigenvalue weighted by Gasteiger charge is -2.22. The van der Waals surface area contributed by atoms with E-state index in [4.69, 9.17) is 32.2 Å². The second-order valence-electron chi connectivity index (χ2n) is 10.1. The minimum Gasteiger partial charge on any atom is -0.490 e. The zero-order chi connectivity index (χ0) is 30.8. The minimum atomic E-state index is -1.10. The maximum absolute atomic E-state index is 13.3. The van der Waals surface area contributed by atoms with Crippen molar-refractivity contribution in [2.24, 2.45) is 5.73 Å². The van der Waals surface area contributed by atoms with Crippen molar-refractivity contribution < 1.29 is 24.2 Å². The maximum atomic E-state index is 13.3. The molecule has 1 aliphatic heterocycles. The van der Waals surface area contributed by atoms with Gasteiger partial charge in [0.25, 0.3) is 5.91 Å². The first-order valence-corrected chi connectivity index (χ1v) is 14.5. The molecular formula is C31H37ClN6O5. The monoisotopic (exact) mass is 608 g/mol. The average Bonchev–Trinajstić information content (AvgIpc) is 3.25. The Bertz CT molecular complexity index is 1440. The summed E-state index contributed by atoms with van der Waals surface area (Å²) in [6, 6.07) is 15.5. The lowest BCUT2D eigenvalue weighted by atomic mass is 10.1. The maximum Gasteiger partial charge on any atom is 0.341 e. The number of halogens is 1. The van der Waals surface area contributed by atoms with Gasteiger partial charge in [-0.05, 0) is 86.6 Å². The van der Waals surface area contributed by atoms with Crippen LogP contribution in [0.15, 0.2) is 54.6 Å². The molecule has 0 aliphatic carbocycles. The van der Waals surface area contributed by atoms with Crippen LogP contribution in [-0.2, 0) is 17.9 Å². The molecule has 0 aromatic heterocycles. The summed E-state index contributed by atoms with van der Waals surface area (Å²) in [5.74, 6) is -0.750. The Labute approximate surface area is 255 Å². The largest absolute Gasteiger partial charge is 0.490 e. The van der Waals surface area contributed by atoms with E-state index in [2.05, 4.69) is 20.9 Å². The number of hydrogen-bond acceptors (Lipinski definition) is 8. The van der Waals surface area contributed by atoms with Crippen LogP contribution in [-0.4, -0.2) is 67.1 Å². The van der Waals surface area contributed by atoms with Crippen LogP contribution in [0.4, 0.5) is 11.4 Å². The van der Waals surface area contributed by atoms with E-state index in [1.807, 2.05) is 19.1 Å². The quantitative estimate of drug-likeness (QED) is 0.124. The van der Waals surface area contributed by atoms with Crippen LogP contribution in [0.1, 0.15) is 40.4 Å². The number of benzene rings is 3. The number of ether oxygens (including phenoxy) is 2. The molecule has 0 bridgehead atoms. The Hall–Kier alpha value is -4.32. The number of carboxylic acids is 1. The molecule has 0 atom stereocenters. The Kier molecular flexibility index (Phi) is 11.2. The van der Waals surface area contributed by atoms with E-state index in [0.29, 0.717) is 57.7 Å². The van der Waals surface area contributed by atoms with Crippen molar-refractivity contribution in [3.8, 4) is 11.5 Å². The summed E-state index contributed by atoms with van der Waals surface area (Å²) in [4.78, 5) is 27.1. The second kappa shape index (κ2) is 15.2. The summed E-state index contributed by atoms with van der Waals surface area (Å²) in [5, 5.41) is 26.8. The van der Waals surface area contributed by atoms with Gasteiger partial charge in [-0.15, -0.1) is 0 Å². The van der Waals surface area contributed by atoms with Gasteiger partial charge in [0.2, 0.25) is 0 Å². The summed E-state index contributed by atoms with van der Waals surface area (Å²) in [7, 11) is 0. The number of hydrogen-bond donors (Lipinski definition) is 6. The van der Waals surface area contributed by atoms with Gasteiger partial charge in [0.1, 0.15) is 5.84 Å². The van der Waals surface area contributed by atoms with Crippen LogP contribution in [0.3, 0.4) is 0 Å². The first kappa shape index (κ1) is 31.6. The number of carboxylic acid groups (broad SMARTS) is 1. The fraction of sp³-hybridized carbons (Fsp3) is 0.323. The molecule has 1 amide bonds. The normalized spacial score (nSPS) is 13.5. The molecule has 0 unspecified atom stereocenters. The number of anilines is 2. The van der Waals surface area contributed by atoms with E-state index in [1.165, 1.54) is 0 Å². The Morgan fingerprint density at radius 3 is 2.60 bits per heavy atom. The zero-order valence-corrected chi connectivity index (χ0v) is 24.8. The molecule has 1 aliphatic rings. The van der Waals surface area contributed by atoms with Gasteiger partial charge in [-0.25, -0.2) is 4.79 Å². The van der Waals surface area contributed by atoms with Crippen molar-refractivity contribution >= 4 is 40.7 Å². The van der Waals surface area contributed by atoms with Gasteiger partial charge in [0.05, 0.1) is 12.2 Å². The summed E-state index contributed by atoms with van der Waals surface area (Å²) in [6.45, 7) is 6.40. The van der Waals surface area contributed by atoms with Crippen LogP contribution in [0, 0.1) is 5.41 Å². The molecule has 11 nitrogen and oxygen atoms in total. The average molecular weight is 609 g/mol. The molecule has 1 saturated heterocycles. The van der Waals surface area contributed by atoms with E-state index in [-0.39, 0.29) is 18.3 Å². The van der Waals surface area contributed by atoms with E-state index in [0.717, 1.165) is 38.2 Å². The Balaban J connectivity index is 1.61. The molecule has 12 heteroatoms. The molecule has 0 spiro atoms. The molecule has 0 radical (unpaired) electrons. The smallest absolute Gasteiger partial charge is 0.341 e. The number of amidine groups is 1. The summed E-state index contributed by atoms with van der Waals surface area (Å²) >= 11 is 6.27. The number of rotatable bonds is 13. The minimum absolute atomic E-state index is 0.0640. The van der Waals surface area contributed by atoms with Crippen molar-refractivity contribution in [3.05, 3.63) is 81.9 Å². The Morgan fingerprint density at radius 1 is 1.09 bits per heavy atom. The van der Waals surface area contributed by atoms with Gasteiger partial charge < -0.3 is 36.3 Å². The van der Waals surface area contributed by atoms with Crippen LogP contribution < -0.4 is 31.2 Å². The molecule has 7 N–H and O–H groups in total. The highest BCUT2D eigenvalue weighted by Gasteiger charge is 2.19. The van der Waals surface area contributed by atoms with Crippen molar-refractivity contribution in [2.75, 3.05) is 50.0 Å². The third-order valence-electron chi connectivity index (χ3n) is 6.82. The van der Waals surface area contributed by atoms with Crippen LogP contribution >= 0.6 is 11.6 Å². The van der Waals surface area contributed by atoms with Gasteiger partial charge >= 0.3 is 5.97 Å². The predicted molar refractivity (Wildman–Crippen MR) is 168 cm³/mol. The standard InChI is InChI=1S/C31H37ClN6O5/c1-2-42-27-15-20(18-38-12-3-10-35-11-13-38)14-22(29(27)43-19-28(39)40)17-36-26-9-6-23(32)16-25(26)31(41)37-24-7-4-21(5-8-24)30(33)34/h4-9,14-16,35-36H,2-3,10-13,17-19H2,1H3,(H3,33,34)(H,37,41)(H,39,40). The number of nitrogens with zero attached hydrogens (tertiary/aromatic N) is 1. The number of aliphatic carboxylic acids is 1. The number of amides is 1. The lowest BCUT2D eigenvalue weighted by Crippen LogP contribution is -2.27. The highest BCUT2D eigenvalue weighted by molar-refractivity contribution is 6.31. The number of carbonyl (C=O) groups excluding carboxylic acids is 1. The number of carbonyl (C=O) groups is 2. The van der Waals surface area contributed by atoms with Crippen LogP contribution in [0.2, 0.25) is 5.02 Å². The first-order chi connectivity index (χ1) is 20.7. The van der Waals surface area contributed by atoms with Crippen molar-refractivity contribution in [2.45, 2.75) is 26.4 Å². The Morgan fingerprint density at radius 2 is 1.88 bits per heavy atom. The number of nitrogen functional groups attached to an aromatic ring is 1. The molecule has 228 valence electrons. The number of nitrogens with one attached hydrogen (secondary N) is 4. The molecular weight excluding hydrogens is 572 g/mol. The third-order valence-corrected chi connectivity index (χ3v) is 7.05. The van der Waals surface area contributed by atoms with Gasteiger partial charge in [-0.2, -0.15) is 0 Å². The fourth-order valence-corrected chi connectivity index (χ4v) is 4.98. The summed E-state index contributed by atoms with van der Waals surface area (Å²) in [6.07, 6.45) is 1.05. The van der Waals surface area contributed by atoms with Crippen molar-refractivity contribution in [3.63, 3.8) is 0 Å². The van der Waals surface area contributed by atoms with Gasteiger partial charge in [0.15, 0.2) is 18.1 Å². The first-order valence-electron chi connectivity index (χ1n) is 14.1. The highest BCUT2D eigenvalue weighted by Crippen LogP contribution is 2.35. The predicted octanol–water partition coefficient (Wildman–Crippen LogP) is 4.15. The molecule has 3 aromatic rings. The molecule has 1 fully saturated rings. The number of nitrogens with two attached hydrogens (primary N) is 1. The molecule has 4 rings (SSSR count). The van der Waals surface area contributed by atoms with Crippen LogP contribution in [0.5, 0.6) is 11.5 Å². The SMILES string of the molecule is CCOc1cc(CN2CCCNCC2)cc(CNc2ccc(Cl)cc2C(=O)Nc2ccc(C(=N)N)cc2)c1OCC(=O)O. The summed E-state index contributed by atoms with van der Waals surface area (Å²) in [5.41, 5.74) is 9.14. The fourth-order valence-electron chi connectivity index (χ4n) is 4.80. The van der Waals surface area contributed by atoms with E-state index >= 15 is 0 Å². The van der Waals surface area contributed by atoms with Gasteiger partial charge in [-0.1, -0.05) is 11.6 Å². The van der Waals surface area contributed by atoms with Gasteiger partial charge in [-0.3, -0.25) is 15.1 Å². The van der Waals surface area contributed by atoms with E-state index in [9.17, 15) is 14.7 Å². The third kappa shape index (κ3) is 9.08. The highest BCUT2D eigenvalue weighted by atomic mass is 35.5. The van der Waals surface area contributed by atoms with Crippen molar-refractivity contribution in [1.29, 1.82) is 5.41 Å². The van der Waals surface area contributed by atoms with Crippen LogP contribution in [0.25, 0.3) is 0 Å². The lowest BCUT2D eigenvalue weighted by molar-refractivity contribution is -0.139. The second-order valence-corrected chi connectivity index (χ2v) is 10.5. The molecule has 1 heterocycles. The van der Waals surface area contributed by atoms with Crippen molar-refractivity contribution in [1.82, 2.24) is 10.2 Å². The summed E-state index contributed by atoms with van der Waals surface area (Å²) < 4.78 is 11.6. The van der Waals surface area contributed by atoms with Gasteiger partial charge in [0, 0.05) is 53.7 Å². The molecule has 43 heavy (non-hydrogen) atoms. The van der Waals surface area contributed by atoms with E-state index in [1.54, 1.807) is 42.5 Å². The topological polar surface area (TPSA) is 162 Å². The zero-order valence-electron chi connectivity index (χ0n) is 24.0. The molecule has 3 aromatic carbocycles. The van der Waals surface area contributed by atoms with E-state index < -0.39 is 12.6 Å².